The number of benzene rings is 1. The van der Waals surface area contributed by atoms with E-state index in [-0.39, 0.29) is 17.7 Å². The zero-order valence-electron chi connectivity index (χ0n) is 20.2. The number of anilines is 1. The third-order valence-electron chi connectivity index (χ3n) is 6.41. The Hall–Kier alpha value is -3.96. The monoisotopic (exact) mass is 518 g/mol. The molecule has 194 valence electrons. The molecule has 5 rings (SSSR count). The molecule has 0 fully saturated rings. The number of pyridine rings is 1. The van der Waals surface area contributed by atoms with Crippen LogP contribution in [0.25, 0.3) is 22.6 Å². The summed E-state index contributed by atoms with van der Waals surface area (Å²) < 4.78 is 73.2. The number of nitrogens with zero attached hydrogens (tertiary/aromatic N) is 6. The third kappa shape index (κ3) is 4.63. The smallest absolute Gasteiger partial charge is 0.416 e. The van der Waals surface area contributed by atoms with Crippen molar-refractivity contribution < 1.29 is 26.7 Å². The van der Waals surface area contributed by atoms with Crippen LogP contribution in [0.4, 0.5) is 27.6 Å². The van der Waals surface area contributed by atoms with Crippen LogP contribution in [0.5, 0.6) is 5.88 Å². The lowest BCUT2D eigenvalue weighted by Crippen LogP contribution is -2.41. The summed E-state index contributed by atoms with van der Waals surface area (Å²) >= 11 is 0. The van der Waals surface area contributed by atoms with Crippen molar-refractivity contribution in [2.45, 2.75) is 45.8 Å². The van der Waals surface area contributed by atoms with Gasteiger partial charge in [0.25, 0.3) is 0 Å². The van der Waals surface area contributed by atoms with E-state index >= 15 is 0 Å². The number of halogens is 5. The number of aryl methyl sites for hydroxylation is 2. The lowest BCUT2D eigenvalue weighted by atomic mass is 10.1. The molecular formula is C25H23F5N6O. The first kappa shape index (κ1) is 24.7. The Bertz CT molecular complexity index is 1430. The van der Waals surface area contributed by atoms with Crippen LogP contribution in [0.2, 0.25) is 0 Å². The summed E-state index contributed by atoms with van der Waals surface area (Å²) in [4.78, 5) is 14.5. The van der Waals surface area contributed by atoms with E-state index in [9.17, 15) is 22.0 Å². The molecule has 0 aliphatic carbocycles. The highest BCUT2D eigenvalue weighted by Gasteiger charge is 2.35. The van der Waals surface area contributed by atoms with Crippen molar-refractivity contribution in [1.29, 1.82) is 0 Å². The van der Waals surface area contributed by atoms with Crippen LogP contribution in [0.3, 0.4) is 0 Å². The van der Waals surface area contributed by atoms with Crippen molar-refractivity contribution in [3.05, 3.63) is 66.0 Å². The van der Waals surface area contributed by atoms with Crippen molar-refractivity contribution in [3.8, 4) is 28.5 Å². The number of aromatic nitrogens is 5. The molecule has 1 atom stereocenters. The van der Waals surface area contributed by atoms with Crippen molar-refractivity contribution >= 4 is 5.69 Å². The number of rotatable bonds is 5. The lowest BCUT2D eigenvalue weighted by Gasteiger charge is -2.37. The van der Waals surface area contributed by atoms with Gasteiger partial charge in [-0.2, -0.15) is 22.0 Å². The van der Waals surface area contributed by atoms with Gasteiger partial charge in [0, 0.05) is 43.3 Å². The number of imidazole rings is 2. The van der Waals surface area contributed by atoms with Gasteiger partial charge in [-0.05, 0) is 50.2 Å². The molecule has 4 aromatic rings. The highest BCUT2D eigenvalue weighted by atomic mass is 19.4. The molecule has 0 spiro atoms. The van der Waals surface area contributed by atoms with Gasteiger partial charge >= 0.3 is 12.8 Å². The maximum atomic E-state index is 13.1. The first-order valence-electron chi connectivity index (χ1n) is 11.5. The molecule has 0 N–H and O–H groups in total. The number of ether oxygens (including phenoxy) is 1. The van der Waals surface area contributed by atoms with Crippen LogP contribution in [0.15, 0.2) is 48.8 Å². The van der Waals surface area contributed by atoms with E-state index in [1.807, 2.05) is 19.1 Å². The highest BCUT2D eigenvalue weighted by molar-refractivity contribution is 5.69. The molecule has 1 aliphatic heterocycles. The second-order valence-electron chi connectivity index (χ2n) is 8.88. The van der Waals surface area contributed by atoms with Crippen molar-refractivity contribution in [2.24, 2.45) is 7.05 Å². The molecule has 0 radical (unpaired) electrons. The van der Waals surface area contributed by atoms with Gasteiger partial charge in [0.15, 0.2) is 5.69 Å². The van der Waals surface area contributed by atoms with Gasteiger partial charge in [0.2, 0.25) is 5.88 Å². The zero-order chi connectivity index (χ0) is 26.5. The topological polar surface area (TPSA) is 61.0 Å². The second kappa shape index (κ2) is 9.16. The van der Waals surface area contributed by atoms with Gasteiger partial charge in [-0.3, -0.25) is 0 Å². The molecule has 0 bridgehead atoms. The molecule has 0 saturated heterocycles. The van der Waals surface area contributed by atoms with Gasteiger partial charge in [0.05, 0.1) is 23.5 Å². The van der Waals surface area contributed by atoms with E-state index in [1.54, 1.807) is 24.3 Å². The molecule has 4 heterocycles. The average molecular weight is 518 g/mol. The Balaban J connectivity index is 1.47. The SMILES string of the molecule is Cc1nc(-c2cccnc2OC(F)F)c2n1C[C@@H](C)N(c1ccc(-c3nc(C(F)(F)F)cn3C)cc1)C2. The highest BCUT2D eigenvalue weighted by Crippen LogP contribution is 2.37. The van der Waals surface area contributed by atoms with Crippen molar-refractivity contribution in [3.63, 3.8) is 0 Å². The van der Waals surface area contributed by atoms with Crippen LogP contribution >= 0.6 is 0 Å². The van der Waals surface area contributed by atoms with Gasteiger partial charge in [-0.15, -0.1) is 0 Å². The number of alkyl halides is 5. The first-order valence-corrected chi connectivity index (χ1v) is 11.5. The third-order valence-corrected chi connectivity index (χ3v) is 6.41. The maximum absolute atomic E-state index is 13.1. The summed E-state index contributed by atoms with van der Waals surface area (Å²) in [5.41, 5.74) is 2.18. The van der Waals surface area contributed by atoms with Crippen molar-refractivity contribution in [2.75, 3.05) is 4.90 Å². The summed E-state index contributed by atoms with van der Waals surface area (Å²) in [7, 11) is 1.52. The Morgan fingerprint density at radius 3 is 2.46 bits per heavy atom. The fourth-order valence-corrected chi connectivity index (χ4v) is 4.68. The van der Waals surface area contributed by atoms with E-state index in [0.717, 1.165) is 23.4 Å². The Kier molecular flexibility index (Phi) is 6.12. The summed E-state index contributed by atoms with van der Waals surface area (Å²) in [5, 5.41) is 0. The normalized spacial score (nSPS) is 15.8. The zero-order valence-corrected chi connectivity index (χ0v) is 20.2. The lowest BCUT2D eigenvalue weighted by molar-refractivity contribution is -0.140. The Morgan fingerprint density at radius 2 is 1.81 bits per heavy atom. The molecule has 0 amide bonds. The van der Waals surface area contributed by atoms with Gasteiger partial charge in [-0.1, -0.05) is 0 Å². The fraction of sp³-hybridized carbons (Fsp3) is 0.320. The predicted octanol–water partition coefficient (Wildman–Crippen LogP) is 5.68. The molecule has 1 aliphatic rings. The minimum Gasteiger partial charge on any atom is -0.416 e. The summed E-state index contributed by atoms with van der Waals surface area (Å²) in [6, 6.07) is 10.5. The molecule has 0 unspecified atom stereocenters. The minimum atomic E-state index is -4.52. The summed E-state index contributed by atoms with van der Waals surface area (Å²) in [6.07, 6.45) is -2.18. The van der Waals surface area contributed by atoms with E-state index in [1.165, 1.54) is 17.8 Å². The first-order chi connectivity index (χ1) is 17.5. The van der Waals surface area contributed by atoms with Crippen LogP contribution in [0.1, 0.15) is 24.1 Å². The van der Waals surface area contributed by atoms with E-state index in [0.29, 0.717) is 29.9 Å². The van der Waals surface area contributed by atoms with Crippen LogP contribution in [0, 0.1) is 6.92 Å². The quantitative estimate of drug-likeness (QED) is 0.318. The van der Waals surface area contributed by atoms with Gasteiger partial charge < -0.3 is 18.8 Å². The summed E-state index contributed by atoms with van der Waals surface area (Å²) in [6.45, 7) is 1.93. The molecular weight excluding hydrogens is 495 g/mol. The molecule has 7 nitrogen and oxygen atoms in total. The molecule has 3 aromatic heterocycles. The van der Waals surface area contributed by atoms with Crippen LogP contribution < -0.4 is 9.64 Å². The van der Waals surface area contributed by atoms with Crippen LogP contribution in [-0.4, -0.2) is 36.7 Å². The van der Waals surface area contributed by atoms with E-state index in [2.05, 4.69) is 36.1 Å². The summed E-state index contributed by atoms with van der Waals surface area (Å²) in [5.74, 6) is 0.764. The Labute approximate surface area is 209 Å². The molecule has 37 heavy (non-hydrogen) atoms. The Morgan fingerprint density at radius 1 is 1.08 bits per heavy atom. The average Bonchev–Trinajstić information content (AvgIpc) is 3.39. The molecule has 0 saturated carbocycles. The fourth-order valence-electron chi connectivity index (χ4n) is 4.68. The van der Waals surface area contributed by atoms with Crippen molar-refractivity contribution in [1.82, 2.24) is 24.1 Å². The molecule has 1 aromatic carbocycles. The largest absolute Gasteiger partial charge is 0.434 e. The molecule has 12 heteroatoms. The number of fused-ring (bicyclic) bond motifs is 1. The van der Waals surface area contributed by atoms with Gasteiger partial charge in [0.1, 0.15) is 11.6 Å². The predicted molar refractivity (Wildman–Crippen MR) is 126 cm³/mol. The minimum absolute atomic E-state index is 0.0646. The van der Waals surface area contributed by atoms with E-state index < -0.39 is 18.5 Å². The van der Waals surface area contributed by atoms with E-state index in [4.69, 9.17) is 0 Å². The maximum Gasteiger partial charge on any atom is 0.434 e. The number of hydrogen-bond donors (Lipinski definition) is 0. The number of hydrogen-bond acceptors (Lipinski definition) is 5. The van der Waals surface area contributed by atoms with Crippen LogP contribution in [-0.2, 0) is 26.3 Å². The second-order valence-corrected chi connectivity index (χ2v) is 8.88. The standard InChI is InChI=1S/C25H23F5N6O/c1-14-11-36-15(2)32-21(18-5-4-10-31-23(18)37-24(26)27)19(36)12-35(14)17-8-6-16(7-9-17)22-33-20(13-34(22)3)25(28,29)30/h4-10,13-14,24H,11-12H2,1-3H3/t14-/m1/s1. The van der Waals surface area contributed by atoms with Gasteiger partial charge in [-0.25, -0.2) is 15.0 Å².